The van der Waals surface area contributed by atoms with Crippen molar-refractivity contribution in [1.82, 2.24) is 4.90 Å². The maximum Gasteiger partial charge on any atom is 0.306 e. The highest BCUT2D eigenvalue weighted by atomic mass is 35.5. The standard InChI is InChI=1S/C15H18ClNO3/c16-13-7-11-3-6-20-14(11)12(8-13)9-17-4-1-10(2-5-17)15(18)19/h7-8,10H,1-6,9H2,(H,18,19). The summed E-state index contributed by atoms with van der Waals surface area (Å²) in [6, 6.07) is 3.94. The Balaban J connectivity index is 1.69. The van der Waals surface area contributed by atoms with Crippen molar-refractivity contribution in [2.45, 2.75) is 25.8 Å². The second-order valence-corrected chi connectivity index (χ2v) is 5.98. The van der Waals surface area contributed by atoms with Crippen LogP contribution in [0.4, 0.5) is 0 Å². The molecule has 0 saturated carbocycles. The van der Waals surface area contributed by atoms with E-state index in [1.54, 1.807) is 0 Å². The number of aliphatic carboxylic acids is 1. The van der Waals surface area contributed by atoms with Crippen molar-refractivity contribution < 1.29 is 14.6 Å². The van der Waals surface area contributed by atoms with Crippen molar-refractivity contribution in [2.75, 3.05) is 19.7 Å². The van der Waals surface area contributed by atoms with Crippen LogP contribution in [0.3, 0.4) is 0 Å². The molecule has 2 aliphatic heterocycles. The van der Waals surface area contributed by atoms with E-state index in [-0.39, 0.29) is 5.92 Å². The second kappa shape index (κ2) is 5.62. The minimum absolute atomic E-state index is 0.187. The molecule has 1 aromatic carbocycles. The van der Waals surface area contributed by atoms with Gasteiger partial charge < -0.3 is 9.84 Å². The first-order valence-corrected chi connectivity index (χ1v) is 7.40. The van der Waals surface area contributed by atoms with E-state index in [9.17, 15) is 4.79 Å². The molecule has 1 aromatic rings. The van der Waals surface area contributed by atoms with Crippen molar-refractivity contribution in [3.05, 3.63) is 28.3 Å². The van der Waals surface area contributed by atoms with Crippen LogP contribution in [-0.4, -0.2) is 35.7 Å². The van der Waals surface area contributed by atoms with Gasteiger partial charge in [0, 0.05) is 23.6 Å². The maximum atomic E-state index is 11.0. The van der Waals surface area contributed by atoms with Crippen LogP contribution in [0.15, 0.2) is 12.1 Å². The van der Waals surface area contributed by atoms with Gasteiger partial charge in [-0.3, -0.25) is 9.69 Å². The van der Waals surface area contributed by atoms with Crippen LogP contribution in [0, 0.1) is 5.92 Å². The first-order valence-electron chi connectivity index (χ1n) is 7.03. The molecule has 0 atom stereocenters. The maximum absolute atomic E-state index is 11.0. The Kier molecular flexibility index (Phi) is 3.85. The predicted octanol–water partition coefficient (Wildman–Crippen LogP) is 2.57. The molecule has 4 nitrogen and oxygen atoms in total. The summed E-state index contributed by atoms with van der Waals surface area (Å²) in [6.07, 6.45) is 2.36. The lowest BCUT2D eigenvalue weighted by molar-refractivity contribution is -0.143. The third-order valence-corrected chi connectivity index (χ3v) is 4.37. The Morgan fingerprint density at radius 2 is 2.15 bits per heavy atom. The highest BCUT2D eigenvalue weighted by Gasteiger charge is 2.26. The van der Waals surface area contributed by atoms with E-state index in [0.717, 1.165) is 61.8 Å². The first-order chi connectivity index (χ1) is 9.63. The molecule has 3 rings (SSSR count). The summed E-state index contributed by atoms with van der Waals surface area (Å²) < 4.78 is 5.71. The normalized spacial score (nSPS) is 19.6. The lowest BCUT2D eigenvalue weighted by atomic mass is 9.96. The van der Waals surface area contributed by atoms with Gasteiger partial charge in [0.2, 0.25) is 0 Å². The molecule has 0 amide bonds. The number of carbonyl (C=O) groups is 1. The number of benzene rings is 1. The Hall–Kier alpha value is -1.26. The molecule has 1 fully saturated rings. The van der Waals surface area contributed by atoms with E-state index in [1.165, 1.54) is 5.56 Å². The number of carboxylic acids is 1. The molecule has 0 radical (unpaired) electrons. The van der Waals surface area contributed by atoms with Gasteiger partial charge in [-0.2, -0.15) is 0 Å². The molecule has 0 spiro atoms. The second-order valence-electron chi connectivity index (χ2n) is 5.54. The van der Waals surface area contributed by atoms with Crippen molar-refractivity contribution >= 4 is 17.6 Å². The van der Waals surface area contributed by atoms with Crippen molar-refractivity contribution in [3.63, 3.8) is 0 Å². The van der Waals surface area contributed by atoms with E-state index in [0.29, 0.717) is 0 Å². The largest absolute Gasteiger partial charge is 0.493 e. The van der Waals surface area contributed by atoms with E-state index >= 15 is 0 Å². The number of hydrogen-bond acceptors (Lipinski definition) is 3. The van der Waals surface area contributed by atoms with Gasteiger partial charge in [0.1, 0.15) is 5.75 Å². The zero-order valence-corrected chi connectivity index (χ0v) is 12.0. The summed E-state index contributed by atoms with van der Waals surface area (Å²) in [5.74, 6) is 0.124. The molecule has 2 aliphatic rings. The van der Waals surface area contributed by atoms with Gasteiger partial charge in [-0.15, -0.1) is 0 Å². The fraction of sp³-hybridized carbons (Fsp3) is 0.533. The SMILES string of the molecule is O=C(O)C1CCN(Cc2cc(Cl)cc3c2OCC3)CC1. The summed E-state index contributed by atoms with van der Waals surface area (Å²) in [5, 5.41) is 9.78. The third kappa shape index (κ3) is 2.76. The number of ether oxygens (including phenoxy) is 1. The van der Waals surface area contributed by atoms with Crippen LogP contribution in [0.25, 0.3) is 0 Å². The molecule has 108 valence electrons. The van der Waals surface area contributed by atoms with Gasteiger partial charge in [0.05, 0.1) is 12.5 Å². The molecule has 0 aliphatic carbocycles. The van der Waals surface area contributed by atoms with Gasteiger partial charge >= 0.3 is 5.97 Å². The molecule has 0 aromatic heterocycles. The summed E-state index contributed by atoms with van der Waals surface area (Å²) in [7, 11) is 0. The highest BCUT2D eigenvalue weighted by molar-refractivity contribution is 6.30. The van der Waals surface area contributed by atoms with Gasteiger partial charge in [-0.05, 0) is 43.6 Å². The molecule has 0 bridgehead atoms. The predicted molar refractivity (Wildman–Crippen MR) is 76.3 cm³/mol. The molecule has 2 heterocycles. The number of carboxylic acid groups (broad SMARTS) is 1. The summed E-state index contributed by atoms with van der Waals surface area (Å²) in [6.45, 7) is 3.15. The average Bonchev–Trinajstić information content (AvgIpc) is 2.87. The smallest absolute Gasteiger partial charge is 0.306 e. The molecular weight excluding hydrogens is 278 g/mol. The molecule has 1 N–H and O–H groups in total. The summed E-state index contributed by atoms with van der Waals surface area (Å²) >= 11 is 6.16. The zero-order valence-electron chi connectivity index (χ0n) is 11.3. The van der Waals surface area contributed by atoms with E-state index in [1.807, 2.05) is 12.1 Å². The van der Waals surface area contributed by atoms with Crippen LogP contribution in [0.1, 0.15) is 24.0 Å². The number of nitrogens with zero attached hydrogens (tertiary/aromatic N) is 1. The molecule has 20 heavy (non-hydrogen) atoms. The fourth-order valence-corrected chi connectivity index (χ4v) is 3.31. The Bertz CT molecular complexity index is 524. The number of halogens is 1. The van der Waals surface area contributed by atoms with Crippen molar-refractivity contribution in [3.8, 4) is 5.75 Å². The van der Waals surface area contributed by atoms with Gasteiger partial charge in [0.25, 0.3) is 0 Å². The Labute approximate surface area is 123 Å². The number of likely N-dealkylation sites (tertiary alicyclic amines) is 1. The first kappa shape index (κ1) is 13.7. The number of rotatable bonds is 3. The van der Waals surface area contributed by atoms with Gasteiger partial charge in [-0.1, -0.05) is 11.6 Å². The minimum atomic E-state index is -0.670. The van der Waals surface area contributed by atoms with Crippen LogP contribution in [-0.2, 0) is 17.8 Å². The number of fused-ring (bicyclic) bond motifs is 1. The molecule has 0 unspecified atom stereocenters. The topological polar surface area (TPSA) is 49.8 Å². The Morgan fingerprint density at radius 3 is 2.85 bits per heavy atom. The van der Waals surface area contributed by atoms with Crippen molar-refractivity contribution in [2.24, 2.45) is 5.92 Å². The van der Waals surface area contributed by atoms with E-state index in [4.69, 9.17) is 21.4 Å². The third-order valence-electron chi connectivity index (χ3n) is 4.16. The van der Waals surface area contributed by atoms with E-state index < -0.39 is 5.97 Å². The lowest BCUT2D eigenvalue weighted by Gasteiger charge is -2.30. The number of hydrogen-bond donors (Lipinski definition) is 1. The van der Waals surface area contributed by atoms with Crippen LogP contribution in [0.5, 0.6) is 5.75 Å². The highest BCUT2D eigenvalue weighted by Crippen LogP contribution is 2.34. The Morgan fingerprint density at radius 1 is 1.40 bits per heavy atom. The van der Waals surface area contributed by atoms with Gasteiger partial charge in [-0.25, -0.2) is 0 Å². The van der Waals surface area contributed by atoms with Gasteiger partial charge in [0.15, 0.2) is 0 Å². The van der Waals surface area contributed by atoms with E-state index in [2.05, 4.69) is 4.90 Å². The molecule has 5 heteroatoms. The zero-order chi connectivity index (χ0) is 14.1. The molecular formula is C15H18ClNO3. The monoisotopic (exact) mass is 295 g/mol. The van der Waals surface area contributed by atoms with Crippen LogP contribution in [0.2, 0.25) is 5.02 Å². The van der Waals surface area contributed by atoms with Crippen molar-refractivity contribution in [1.29, 1.82) is 0 Å². The fourth-order valence-electron chi connectivity index (χ4n) is 3.04. The van der Waals surface area contributed by atoms with Crippen LogP contribution >= 0.6 is 11.6 Å². The summed E-state index contributed by atoms with van der Waals surface area (Å²) in [4.78, 5) is 13.2. The van der Waals surface area contributed by atoms with Crippen LogP contribution < -0.4 is 4.74 Å². The summed E-state index contributed by atoms with van der Waals surface area (Å²) in [5.41, 5.74) is 2.31. The average molecular weight is 296 g/mol. The quantitative estimate of drug-likeness (QED) is 0.931. The molecule has 1 saturated heterocycles. The minimum Gasteiger partial charge on any atom is -0.493 e. The number of piperidine rings is 1. The lowest BCUT2D eigenvalue weighted by Crippen LogP contribution is -2.35.